The Morgan fingerprint density at radius 2 is 1.93 bits per heavy atom. The molecule has 0 spiro atoms. The fourth-order valence-electron chi connectivity index (χ4n) is 1.14. The van der Waals surface area contributed by atoms with Crippen molar-refractivity contribution < 1.29 is 18.3 Å². The number of benzene rings is 1. The standard InChI is InChI=1S/C9H10F3NO/c10-5-3-6(8(13)1-2-14)9(12)7(11)4-5/h3-4,8,14H,1-2,13H2. The maximum Gasteiger partial charge on any atom is 0.163 e. The first-order valence-corrected chi connectivity index (χ1v) is 4.07. The van der Waals surface area contributed by atoms with Gasteiger partial charge in [0.15, 0.2) is 11.6 Å². The summed E-state index contributed by atoms with van der Waals surface area (Å²) in [4.78, 5) is 0. The molecule has 1 atom stereocenters. The molecule has 0 saturated heterocycles. The van der Waals surface area contributed by atoms with Gasteiger partial charge in [0.2, 0.25) is 0 Å². The highest BCUT2D eigenvalue weighted by molar-refractivity contribution is 5.23. The Bertz CT molecular complexity index is 330. The van der Waals surface area contributed by atoms with Crippen LogP contribution in [0.1, 0.15) is 18.0 Å². The molecule has 2 nitrogen and oxygen atoms in total. The third-order valence-electron chi connectivity index (χ3n) is 1.86. The number of aliphatic hydroxyl groups excluding tert-OH is 1. The maximum absolute atomic E-state index is 13.1. The maximum atomic E-state index is 13.1. The van der Waals surface area contributed by atoms with E-state index in [-0.39, 0.29) is 18.6 Å². The van der Waals surface area contributed by atoms with Gasteiger partial charge < -0.3 is 10.8 Å². The van der Waals surface area contributed by atoms with E-state index >= 15 is 0 Å². The SMILES string of the molecule is NC(CCO)c1cc(F)cc(F)c1F. The van der Waals surface area contributed by atoms with Crippen LogP contribution in [-0.2, 0) is 0 Å². The lowest BCUT2D eigenvalue weighted by Crippen LogP contribution is -2.15. The predicted octanol–water partition coefficient (Wildman–Crippen LogP) is 1.49. The van der Waals surface area contributed by atoms with Gasteiger partial charge in [0, 0.05) is 24.3 Å². The first-order chi connectivity index (χ1) is 6.56. The Labute approximate surface area is 79.2 Å². The topological polar surface area (TPSA) is 46.2 Å². The largest absolute Gasteiger partial charge is 0.396 e. The molecule has 1 unspecified atom stereocenters. The van der Waals surface area contributed by atoms with Crippen LogP contribution in [0.3, 0.4) is 0 Å². The molecule has 0 amide bonds. The molecule has 0 aliphatic rings. The van der Waals surface area contributed by atoms with Crippen molar-refractivity contribution in [2.24, 2.45) is 5.73 Å². The number of hydrogen-bond acceptors (Lipinski definition) is 2. The molecule has 1 aromatic rings. The lowest BCUT2D eigenvalue weighted by atomic mass is 10.0. The van der Waals surface area contributed by atoms with E-state index in [1.54, 1.807) is 0 Å². The van der Waals surface area contributed by atoms with E-state index in [9.17, 15) is 13.2 Å². The van der Waals surface area contributed by atoms with Crippen molar-refractivity contribution in [2.75, 3.05) is 6.61 Å². The number of rotatable bonds is 3. The van der Waals surface area contributed by atoms with E-state index in [1.807, 2.05) is 0 Å². The molecule has 0 aliphatic heterocycles. The molecule has 1 aromatic carbocycles. The lowest BCUT2D eigenvalue weighted by Gasteiger charge is -2.11. The summed E-state index contributed by atoms with van der Waals surface area (Å²) in [5.41, 5.74) is 5.16. The average Bonchev–Trinajstić information content (AvgIpc) is 2.11. The number of nitrogens with two attached hydrogens (primary N) is 1. The Balaban J connectivity index is 3.07. The minimum Gasteiger partial charge on any atom is -0.396 e. The summed E-state index contributed by atoms with van der Waals surface area (Å²) in [6.07, 6.45) is 0.0554. The molecule has 0 saturated carbocycles. The Kier molecular flexibility index (Phi) is 3.49. The molecule has 78 valence electrons. The smallest absolute Gasteiger partial charge is 0.163 e. The summed E-state index contributed by atoms with van der Waals surface area (Å²) in [7, 11) is 0. The van der Waals surface area contributed by atoms with Crippen LogP contribution in [0.4, 0.5) is 13.2 Å². The van der Waals surface area contributed by atoms with Crippen LogP contribution < -0.4 is 5.73 Å². The van der Waals surface area contributed by atoms with Crippen molar-refractivity contribution in [1.82, 2.24) is 0 Å². The first-order valence-electron chi connectivity index (χ1n) is 4.07. The van der Waals surface area contributed by atoms with Crippen LogP contribution in [-0.4, -0.2) is 11.7 Å². The van der Waals surface area contributed by atoms with Crippen molar-refractivity contribution >= 4 is 0 Å². The summed E-state index contributed by atoms with van der Waals surface area (Å²) in [5.74, 6) is -3.31. The van der Waals surface area contributed by atoms with Crippen LogP contribution in [0.25, 0.3) is 0 Å². The normalized spacial score (nSPS) is 12.9. The number of halogens is 3. The van der Waals surface area contributed by atoms with E-state index in [4.69, 9.17) is 10.8 Å². The van der Waals surface area contributed by atoms with Crippen LogP contribution in [0.2, 0.25) is 0 Å². The summed E-state index contributed by atoms with van der Waals surface area (Å²) >= 11 is 0. The Morgan fingerprint density at radius 1 is 1.29 bits per heavy atom. The van der Waals surface area contributed by atoms with Crippen molar-refractivity contribution in [2.45, 2.75) is 12.5 Å². The molecule has 5 heteroatoms. The van der Waals surface area contributed by atoms with E-state index in [2.05, 4.69) is 0 Å². The van der Waals surface area contributed by atoms with Gasteiger partial charge in [-0.25, -0.2) is 13.2 Å². The molecule has 14 heavy (non-hydrogen) atoms. The summed E-state index contributed by atoms with van der Waals surface area (Å²) in [6, 6.07) is 0.383. The highest BCUT2D eigenvalue weighted by Gasteiger charge is 2.16. The molecular weight excluding hydrogens is 195 g/mol. The minimum atomic E-state index is -1.27. The van der Waals surface area contributed by atoms with Gasteiger partial charge in [-0.2, -0.15) is 0 Å². The molecule has 3 N–H and O–H groups in total. The third-order valence-corrected chi connectivity index (χ3v) is 1.86. The highest BCUT2D eigenvalue weighted by atomic mass is 19.2. The fourth-order valence-corrected chi connectivity index (χ4v) is 1.14. The highest BCUT2D eigenvalue weighted by Crippen LogP contribution is 2.21. The van der Waals surface area contributed by atoms with E-state index < -0.39 is 23.5 Å². The van der Waals surface area contributed by atoms with E-state index in [0.29, 0.717) is 6.07 Å². The molecule has 0 aliphatic carbocycles. The molecule has 1 rings (SSSR count). The lowest BCUT2D eigenvalue weighted by molar-refractivity contribution is 0.275. The fraction of sp³-hybridized carbons (Fsp3) is 0.333. The first kappa shape index (κ1) is 11.0. The second-order valence-corrected chi connectivity index (χ2v) is 2.91. The van der Waals surface area contributed by atoms with Crippen LogP contribution in [0.15, 0.2) is 12.1 Å². The van der Waals surface area contributed by atoms with Crippen molar-refractivity contribution in [3.63, 3.8) is 0 Å². The van der Waals surface area contributed by atoms with Gasteiger partial charge in [0.1, 0.15) is 5.82 Å². The Morgan fingerprint density at radius 3 is 2.50 bits per heavy atom. The summed E-state index contributed by atoms with van der Waals surface area (Å²) < 4.78 is 38.4. The molecule has 0 radical (unpaired) electrons. The number of aliphatic hydroxyl groups is 1. The van der Waals surface area contributed by atoms with Gasteiger partial charge in [-0.3, -0.25) is 0 Å². The average molecular weight is 205 g/mol. The van der Waals surface area contributed by atoms with Gasteiger partial charge in [-0.1, -0.05) is 0 Å². The summed E-state index contributed by atoms with van der Waals surface area (Å²) in [6.45, 7) is -0.265. The van der Waals surface area contributed by atoms with Crippen molar-refractivity contribution in [1.29, 1.82) is 0 Å². The molecule has 0 aromatic heterocycles. The summed E-state index contributed by atoms with van der Waals surface area (Å²) in [5, 5.41) is 8.54. The zero-order valence-corrected chi connectivity index (χ0v) is 7.30. The zero-order valence-electron chi connectivity index (χ0n) is 7.30. The number of hydrogen-bond donors (Lipinski definition) is 2. The van der Waals surface area contributed by atoms with Crippen LogP contribution in [0.5, 0.6) is 0 Å². The van der Waals surface area contributed by atoms with Gasteiger partial charge in [-0.05, 0) is 12.5 Å². The van der Waals surface area contributed by atoms with Crippen molar-refractivity contribution in [3.05, 3.63) is 35.1 Å². The van der Waals surface area contributed by atoms with E-state index in [1.165, 1.54) is 0 Å². The third kappa shape index (κ3) is 2.24. The van der Waals surface area contributed by atoms with Crippen molar-refractivity contribution in [3.8, 4) is 0 Å². The molecule has 0 fully saturated rings. The molecular formula is C9H10F3NO. The minimum absolute atomic E-state index is 0.0554. The van der Waals surface area contributed by atoms with Gasteiger partial charge in [0.05, 0.1) is 0 Å². The second kappa shape index (κ2) is 4.43. The zero-order chi connectivity index (χ0) is 10.7. The predicted molar refractivity (Wildman–Crippen MR) is 44.9 cm³/mol. The van der Waals surface area contributed by atoms with Gasteiger partial charge >= 0.3 is 0 Å². The Hall–Kier alpha value is -1.07. The van der Waals surface area contributed by atoms with Gasteiger partial charge in [0.25, 0.3) is 0 Å². The van der Waals surface area contributed by atoms with Gasteiger partial charge in [-0.15, -0.1) is 0 Å². The second-order valence-electron chi connectivity index (χ2n) is 2.91. The van der Waals surface area contributed by atoms with E-state index in [0.717, 1.165) is 6.07 Å². The monoisotopic (exact) mass is 205 g/mol. The quantitative estimate of drug-likeness (QED) is 0.734. The van der Waals surface area contributed by atoms with Crippen LogP contribution in [0, 0.1) is 17.5 Å². The molecule has 0 bridgehead atoms. The molecule has 0 heterocycles. The van der Waals surface area contributed by atoms with Crippen LogP contribution >= 0.6 is 0 Å².